The molecule has 0 N–H and O–H groups in total. The van der Waals surface area contributed by atoms with Crippen LogP contribution in [0, 0.1) is 10.6 Å². The number of benzene rings is 1. The maximum atomic E-state index is 11.6. The molecule has 0 saturated heterocycles. The summed E-state index contributed by atoms with van der Waals surface area (Å²) >= 11 is 0. The number of anilines is 1. The third-order valence-electron chi connectivity index (χ3n) is 3.33. The van der Waals surface area contributed by atoms with E-state index in [2.05, 4.69) is 4.84 Å². The average molecular weight is 250 g/mol. The third-order valence-corrected chi connectivity index (χ3v) is 3.33. The molecule has 0 spiro atoms. The summed E-state index contributed by atoms with van der Waals surface area (Å²) in [4.78, 5) is 16.2. The van der Waals surface area contributed by atoms with E-state index in [0.717, 1.165) is 18.4 Å². The molecule has 0 radical (unpaired) electrons. The molecule has 1 aromatic rings. The first kappa shape index (κ1) is 12.9. The maximum absolute atomic E-state index is 11.6. The van der Waals surface area contributed by atoms with Gasteiger partial charge in [0.2, 0.25) is 0 Å². The lowest BCUT2D eigenvalue weighted by Gasteiger charge is -2.26. The van der Waals surface area contributed by atoms with Crippen molar-refractivity contribution in [2.45, 2.75) is 19.3 Å². The van der Waals surface area contributed by atoms with Crippen LogP contribution in [0.15, 0.2) is 24.3 Å². The van der Waals surface area contributed by atoms with Crippen molar-refractivity contribution in [1.82, 2.24) is 0 Å². The minimum atomic E-state index is -0.339. The summed E-state index contributed by atoms with van der Waals surface area (Å²) in [5.74, 6) is -0.145. The molecule has 1 aliphatic carbocycles. The molecule has 5 nitrogen and oxygen atoms in total. The van der Waals surface area contributed by atoms with Crippen LogP contribution in [0.2, 0.25) is 0 Å². The number of hydrogen-bond donors (Lipinski definition) is 0. The standard InChI is InChI=1S/C13H16NO4/c1-17-12(15)13(7-8-13)9-10-3-5-11(6-4-10)14(16)18-2/h3-6H,7-9H2,1-2H3/q-1. The van der Waals surface area contributed by atoms with E-state index < -0.39 is 0 Å². The van der Waals surface area contributed by atoms with Gasteiger partial charge in [0.05, 0.1) is 25.3 Å². The van der Waals surface area contributed by atoms with Gasteiger partial charge in [0.25, 0.3) is 0 Å². The van der Waals surface area contributed by atoms with Gasteiger partial charge in [-0.15, -0.1) is 0 Å². The highest BCUT2D eigenvalue weighted by Crippen LogP contribution is 2.49. The molecule has 98 valence electrons. The summed E-state index contributed by atoms with van der Waals surface area (Å²) in [5, 5.41) is 11.6. The number of hydrogen-bond acceptors (Lipinski definition) is 5. The molecule has 0 atom stereocenters. The van der Waals surface area contributed by atoms with Crippen LogP contribution in [-0.4, -0.2) is 20.2 Å². The highest BCUT2D eigenvalue weighted by Gasteiger charge is 2.50. The Morgan fingerprint density at radius 2 is 1.94 bits per heavy atom. The number of nitrogens with zero attached hydrogens (tertiary/aromatic N) is 1. The summed E-state index contributed by atoms with van der Waals surface area (Å²) in [6, 6.07) is 7.03. The molecule has 0 aliphatic heterocycles. The van der Waals surface area contributed by atoms with Crippen molar-refractivity contribution in [1.29, 1.82) is 0 Å². The molecule has 2 rings (SSSR count). The predicted octanol–water partition coefficient (Wildman–Crippen LogP) is 2.05. The highest BCUT2D eigenvalue weighted by molar-refractivity contribution is 5.80. The van der Waals surface area contributed by atoms with Crippen LogP contribution >= 0.6 is 0 Å². The second-order valence-electron chi connectivity index (χ2n) is 4.55. The summed E-state index contributed by atoms with van der Waals surface area (Å²) in [6.07, 6.45) is 2.39. The number of carbonyl (C=O) groups is 1. The van der Waals surface area contributed by atoms with Crippen LogP contribution in [0.1, 0.15) is 18.4 Å². The zero-order valence-corrected chi connectivity index (χ0v) is 10.5. The molecule has 0 bridgehead atoms. The Morgan fingerprint density at radius 3 is 2.39 bits per heavy atom. The fourth-order valence-electron chi connectivity index (χ4n) is 2.05. The Morgan fingerprint density at radius 1 is 1.33 bits per heavy atom. The molecule has 18 heavy (non-hydrogen) atoms. The first-order valence-electron chi connectivity index (χ1n) is 5.80. The van der Waals surface area contributed by atoms with E-state index in [4.69, 9.17) is 4.74 Å². The van der Waals surface area contributed by atoms with Gasteiger partial charge in [-0.05, 0) is 37.0 Å². The largest absolute Gasteiger partial charge is 0.733 e. The summed E-state index contributed by atoms with van der Waals surface area (Å²) < 4.78 is 4.81. The molecule has 0 heterocycles. The Balaban J connectivity index is 2.05. The van der Waals surface area contributed by atoms with E-state index in [-0.39, 0.29) is 11.4 Å². The fourth-order valence-corrected chi connectivity index (χ4v) is 2.05. The first-order chi connectivity index (χ1) is 8.61. The summed E-state index contributed by atoms with van der Waals surface area (Å²) in [7, 11) is 2.73. The summed E-state index contributed by atoms with van der Waals surface area (Å²) in [5.41, 5.74) is 1.12. The zero-order chi connectivity index (χ0) is 13.2. The minimum Gasteiger partial charge on any atom is -0.733 e. The maximum Gasteiger partial charge on any atom is 0.312 e. The average Bonchev–Trinajstić information content (AvgIpc) is 3.18. The van der Waals surface area contributed by atoms with Gasteiger partial charge in [-0.1, -0.05) is 12.1 Å². The Bertz CT molecular complexity index is 425. The van der Waals surface area contributed by atoms with Crippen molar-refractivity contribution in [3.63, 3.8) is 0 Å². The molecule has 1 fully saturated rings. The Hall–Kier alpha value is -1.59. The summed E-state index contributed by atoms with van der Waals surface area (Å²) in [6.45, 7) is 0. The molecule has 5 heteroatoms. The molecule has 0 amide bonds. The molecule has 1 aliphatic rings. The molecule has 0 aromatic heterocycles. The van der Waals surface area contributed by atoms with Gasteiger partial charge in [-0.2, -0.15) is 0 Å². The quantitative estimate of drug-likeness (QED) is 0.591. The first-order valence-corrected chi connectivity index (χ1v) is 5.80. The van der Waals surface area contributed by atoms with Crippen molar-refractivity contribution in [2.24, 2.45) is 5.41 Å². The Labute approximate surface area is 106 Å². The predicted molar refractivity (Wildman–Crippen MR) is 66.7 cm³/mol. The van der Waals surface area contributed by atoms with Crippen LogP contribution in [-0.2, 0) is 20.8 Å². The third kappa shape index (κ3) is 2.47. The van der Waals surface area contributed by atoms with Crippen molar-refractivity contribution in [3.05, 3.63) is 35.0 Å². The molecular weight excluding hydrogens is 234 g/mol. The zero-order valence-electron chi connectivity index (χ0n) is 10.5. The van der Waals surface area contributed by atoms with E-state index in [0.29, 0.717) is 17.3 Å². The van der Waals surface area contributed by atoms with Crippen molar-refractivity contribution in [3.8, 4) is 0 Å². The molecule has 1 saturated carbocycles. The smallest absolute Gasteiger partial charge is 0.312 e. The van der Waals surface area contributed by atoms with Crippen LogP contribution in [0.5, 0.6) is 0 Å². The van der Waals surface area contributed by atoms with E-state index in [9.17, 15) is 10.0 Å². The van der Waals surface area contributed by atoms with Gasteiger partial charge in [-0.25, -0.2) is 0 Å². The van der Waals surface area contributed by atoms with E-state index >= 15 is 0 Å². The lowest BCUT2D eigenvalue weighted by atomic mass is 9.96. The topological polar surface area (TPSA) is 61.8 Å². The number of carbonyl (C=O) groups excluding carboxylic acids is 1. The van der Waals surface area contributed by atoms with E-state index in [1.165, 1.54) is 14.2 Å². The van der Waals surface area contributed by atoms with Gasteiger partial charge in [0, 0.05) is 0 Å². The van der Waals surface area contributed by atoms with E-state index in [1.54, 1.807) is 12.1 Å². The van der Waals surface area contributed by atoms with Gasteiger partial charge in [-0.3, -0.25) is 9.63 Å². The monoisotopic (exact) mass is 250 g/mol. The Kier molecular flexibility index (Phi) is 3.54. The van der Waals surface area contributed by atoms with Crippen molar-refractivity contribution in [2.75, 3.05) is 19.4 Å². The van der Waals surface area contributed by atoms with Crippen LogP contribution in [0.3, 0.4) is 0 Å². The van der Waals surface area contributed by atoms with Crippen molar-refractivity contribution < 1.29 is 14.4 Å². The lowest BCUT2D eigenvalue weighted by molar-refractivity contribution is -0.147. The number of methoxy groups -OCH3 is 1. The SMILES string of the molecule is COC(=O)C1(Cc2ccc(N([O-])OC)cc2)CC1. The second kappa shape index (κ2) is 4.96. The van der Waals surface area contributed by atoms with E-state index in [1.807, 2.05) is 12.1 Å². The second-order valence-corrected chi connectivity index (χ2v) is 4.55. The highest BCUT2D eigenvalue weighted by atomic mass is 16.9. The van der Waals surface area contributed by atoms with Gasteiger partial charge < -0.3 is 15.2 Å². The minimum absolute atomic E-state index is 0.145. The molecule has 1 aromatic carbocycles. The number of ether oxygens (including phenoxy) is 1. The normalized spacial score (nSPS) is 16.2. The molecule has 0 unspecified atom stereocenters. The molecular formula is C13H16NO4-. The lowest BCUT2D eigenvalue weighted by Crippen LogP contribution is -2.20. The van der Waals surface area contributed by atoms with Crippen molar-refractivity contribution >= 4 is 11.7 Å². The number of rotatable bonds is 5. The number of esters is 1. The van der Waals surface area contributed by atoms with Crippen LogP contribution < -0.4 is 5.23 Å². The van der Waals surface area contributed by atoms with Crippen LogP contribution in [0.4, 0.5) is 5.69 Å². The van der Waals surface area contributed by atoms with Gasteiger partial charge >= 0.3 is 5.97 Å². The van der Waals surface area contributed by atoms with Gasteiger partial charge in [0.1, 0.15) is 0 Å². The fraction of sp³-hybridized carbons (Fsp3) is 0.462. The van der Waals surface area contributed by atoms with Gasteiger partial charge in [0.15, 0.2) is 0 Å². The van der Waals surface area contributed by atoms with Crippen LogP contribution in [0.25, 0.3) is 0 Å².